The summed E-state index contributed by atoms with van der Waals surface area (Å²) in [5.74, 6) is 1.07. The van der Waals surface area contributed by atoms with Crippen LogP contribution < -0.4 is 9.47 Å². The van der Waals surface area contributed by atoms with Crippen molar-refractivity contribution in [2.45, 2.75) is 11.8 Å². The molecule has 0 radical (unpaired) electrons. The second-order valence-electron chi connectivity index (χ2n) is 4.75. The van der Waals surface area contributed by atoms with Gasteiger partial charge in [0.1, 0.15) is 11.5 Å². The molecule has 5 heteroatoms. The summed E-state index contributed by atoms with van der Waals surface area (Å²) in [7, 11) is 3.23. The van der Waals surface area contributed by atoms with Crippen LogP contribution in [0.3, 0.4) is 0 Å². The van der Waals surface area contributed by atoms with E-state index in [1.165, 1.54) is 17.8 Å². The smallest absolute Gasteiger partial charge is 0.331 e. The van der Waals surface area contributed by atoms with E-state index in [0.717, 1.165) is 21.1 Å². The van der Waals surface area contributed by atoms with Crippen LogP contribution in [0.15, 0.2) is 59.5 Å². The van der Waals surface area contributed by atoms with Crippen molar-refractivity contribution in [3.8, 4) is 11.5 Å². The van der Waals surface area contributed by atoms with E-state index in [2.05, 4.69) is 0 Å². The number of esters is 1. The van der Waals surface area contributed by atoms with Crippen LogP contribution in [0.1, 0.15) is 12.5 Å². The number of hydrogen-bond donors (Lipinski definition) is 0. The van der Waals surface area contributed by atoms with Crippen molar-refractivity contribution in [3.05, 3.63) is 60.2 Å². The Labute approximate surface area is 146 Å². The Hall–Kier alpha value is -2.40. The highest BCUT2D eigenvalue weighted by Crippen LogP contribution is 2.41. The molecule has 0 aromatic heterocycles. The molecule has 0 aliphatic heterocycles. The SMILES string of the molecule is CCOC(=O)/C=C(\Sc1cc(OC)ccc1OC)c1ccccc1. The van der Waals surface area contributed by atoms with Crippen LogP contribution >= 0.6 is 11.8 Å². The van der Waals surface area contributed by atoms with Gasteiger partial charge in [-0.3, -0.25) is 0 Å². The fraction of sp³-hybridized carbons (Fsp3) is 0.211. The van der Waals surface area contributed by atoms with Gasteiger partial charge in [0.25, 0.3) is 0 Å². The first kappa shape index (κ1) is 17.9. The molecular weight excluding hydrogens is 324 g/mol. The van der Waals surface area contributed by atoms with Gasteiger partial charge < -0.3 is 14.2 Å². The zero-order valence-corrected chi connectivity index (χ0v) is 14.8. The molecule has 0 amide bonds. The zero-order chi connectivity index (χ0) is 17.4. The van der Waals surface area contributed by atoms with Crippen LogP contribution in [0.5, 0.6) is 11.5 Å². The third kappa shape index (κ3) is 4.80. The van der Waals surface area contributed by atoms with Crippen LogP contribution in [0.25, 0.3) is 4.91 Å². The monoisotopic (exact) mass is 344 g/mol. The summed E-state index contributed by atoms with van der Waals surface area (Å²) in [6.07, 6.45) is 1.50. The van der Waals surface area contributed by atoms with E-state index >= 15 is 0 Å². The minimum absolute atomic E-state index is 0.338. The molecule has 2 rings (SSSR count). The summed E-state index contributed by atoms with van der Waals surface area (Å²) >= 11 is 1.43. The first-order chi connectivity index (χ1) is 11.7. The minimum Gasteiger partial charge on any atom is -0.497 e. The van der Waals surface area contributed by atoms with Gasteiger partial charge in [-0.2, -0.15) is 0 Å². The van der Waals surface area contributed by atoms with Gasteiger partial charge in [0.15, 0.2) is 0 Å². The summed E-state index contributed by atoms with van der Waals surface area (Å²) in [5, 5.41) is 0. The van der Waals surface area contributed by atoms with Crippen LogP contribution in [0, 0.1) is 0 Å². The van der Waals surface area contributed by atoms with Gasteiger partial charge >= 0.3 is 5.97 Å². The second kappa shape index (κ2) is 9.03. The number of thioether (sulfide) groups is 1. The lowest BCUT2D eigenvalue weighted by Crippen LogP contribution is -2.00. The summed E-state index contributed by atoms with van der Waals surface area (Å²) in [6.45, 7) is 2.12. The van der Waals surface area contributed by atoms with E-state index in [4.69, 9.17) is 14.2 Å². The van der Waals surface area contributed by atoms with Crippen molar-refractivity contribution in [2.24, 2.45) is 0 Å². The van der Waals surface area contributed by atoms with Crippen LogP contribution in [0.2, 0.25) is 0 Å². The molecule has 2 aromatic carbocycles. The molecule has 0 saturated carbocycles. The topological polar surface area (TPSA) is 44.8 Å². The molecule has 0 aliphatic carbocycles. The quantitative estimate of drug-likeness (QED) is 0.423. The van der Waals surface area contributed by atoms with Crippen LogP contribution in [0.4, 0.5) is 0 Å². The summed E-state index contributed by atoms with van der Waals surface area (Å²) in [6, 6.07) is 15.2. The Morgan fingerprint density at radius 2 is 1.83 bits per heavy atom. The standard InChI is InChI=1S/C19H20O4S/c1-4-23-19(20)13-17(14-8-6-5-7-9-14)24-18-12-15(21-2)10-11-16(18)22-3/h5-13H,4H2,1-3H3/b17-13-. The summed E-state index contributed by atoms with van der Waals surface area (Å²) in [4.78, 5) is 13.6. The predicted molar refractivity (Wildman–Crippen MR) is 96.5 cm³/mol. The highest BCUT2D eigenvalue weighted by atomic mass is 32.2. The van der Waals surface area contributed by atoms with E-state index in [-0.39, 0.29) is 5.97 Å². The average molecular weight is 344 g/mol. The van der Waals surface area contributed by atoms with E-state index in [0.29, 0.717) is 12.4 Å². The minimum atomic E-state index is -0.370. The van der Waals surface area contributed by atoms with Gasteiger partial charge in [-0.15, -0.1) is 0 Å². The first-order valence-electron chi connectivity index (χ1n) is 7.51. The highest BCUT2D eigenvalue weighted by Gasteiger charge is 2.12. The molecule has 0 aliphatic rings. The molecular formula is C19H20O4S. The molecule has 126 valence electrons. The van der Waals surface area contributed by atoms with E-state index in [1.807, 2.05) is 48.5 Å². The molecule has 0 spiro atoms. The molecule has 0 unspecified atom stereocenters. The Balaban J connectivity index is 2.40. The van der Waals surface area contributed by atoms with Crippen molar-refractivity contribution in [1.29, 1.82) is 0 Å². The second-order valence-corrected chi connectivity index (χ2v) is 5.83. The maximum Gasteiger partial charge on any atom is 0.331 e. The van der Waals surface area contributed by atoms with Crippen LogP contribution in [-0.4, -0.2) is 26.8 Å². The molecule has 0 saturated heterocycles. The van der Waals surface area contributed by atoms with Gasteiger partial charge in [0, 0.05) is 11.0 Å². The fourth-order valence-corrected chi connectivity index (χ4v) is 3.12. The molecule has 4 nitrogen and oxygen atoms in total. The van der Waals surface area contributed by atoms with E-state index < -0.39 is 0 Å². The third-order valence-electron chi connectivity index (χ3n) is 3.18. The number of ether oxygens (including phenoxy) is 3. The number of hydrogen-bond acceptors (Lipinski definition) is 5. The van der Waals surface area contributed by atoms with Crippen molar-refractivity contribution >= 4 is 22.6 Å². The summed E-state index contributed by atoms with van der Waals surface area (Å²) in [5.41, 5.74) is 0.931. The normalized spacial score (nSPS) is 11.0. The molecule has 0 N–H and O–H groups in total. The fourth-order valence-electron chi connectivity index (χ4n) is 2.05. The molecule has 0 bridgehead atoms. The van der Waals surface area contributed by atoms with E-state index in [9.17, 15) is 4.79 Å². The third-order valence-corrected chi connectivity index (χ3v) is 4.30. The molecule has 2 aromatic rings. The Bertz CT molecular complexity index is 711. The maximum atomic E-state index is 11.9. The van der Waals surface area contributed by atoms with Crippen molar-refractivity contribution < 1.29 is 19.0 Å². The number of carbonyl (C=O) groups is 1. The zero-order valence-electron chi connectivity index (χ0n) is 13.9. The lowest BCUT2D eigenvalue weighted by molar-refractivity contribution is -0.137. The van der Waals surface area contributed by atoms with Gasteiger partial charge in [-0.05, 0) is 30.7 Å². The van der Waals surface area contributed by atoms with Crippen molar-refractivity contribution in [2.75, 3.05) is 20.8 Å². The molecule has 0 fully saturated rings. The Morgan fingerprint density at radius 3 is 2.46 bits per heavy atom. The molecule has 0 heterocycles. The molecule has 24 heavy (non-hydrogen) atoms. The summed E-state index contributed by atoms with van der Waals surface area (Å²) < 4.78 is 15.7. The van der Waals surface area contributed by atoms with Gasteiger partial charge in [0.05, 0.1) is 25.7 Å². The lowest BCUT2D eigenvalue weighted by atomic mass is 10.2. The largest absolute Gasteiger partial charge is 0.497 e. The predicted octanol–water partition coefficient (Wildman–Crippen LogP) is 4.40. The number of carbonyl (C=O) groups excluding carboxylic acids is 1. The number of rotatable bonds is 7. The Morgan fingerprint density at radius 1 is 1.08 bits per heavy atom. The average Bonchev–Trinajstić information content (AvgIpc) is 2.62. The lowest BCUT2D eigenvalue weighted by Gasteiger charge is -2.12. The number of methoxy groups -OCH3 is 2. The first-order valence-corrected chi connectivity index (χ1v) is 8.33. The maximum absolute atomic E-state index is 11.9. The number of benzene rings is 2. The van der Waals surface area contributed by atoms with Crippen molar-refractivity contribution in [3.63, 3.8) is 0 Å². The van der Waals surface area contributed by atoms with Gasteiger partial charge in [0.2, 0.25) is 0 Å². The highest BCUT2D eigenvalue weighted by molar-refractivity contribution is 8.08. The van der Waals surface area contributed by atoms with Gasteiger partial charge in [-0.25, -0.2) is 4.79 Å². The van der Waals surface area contributed by atoms with Crippen molar-refractivity contribution in [1.82, 2.24) is 0 Å². The van der Waals surface area contributed by atoms with Gasteiger partial charge in [-0.1, -0.05) is 42.1 Å². The Kier molecular flexibility index (Phi) is 6.75. The molecule has 0 atom stereocenters. The van der Waals surface area contributed by atoms with E-state index in [1.54, 1.807) is 21.1 Å². The van der Waals surface area contributed by atoms with Crippen LogP contribution in [-0.2, 0) is 9.53 Å².